The fraction of sp³-hybridized carbons (Fsp3) is 0.250. The van der Waals surface area contributed by atoms with Crippen LogP contribution in [0.1, 0.15) is 5.82 Å². The topological polar surface area (TPSA) is 79.4 Å². The number of aromatic nitrogens is 5. The van der Waals surface area contributed by atoms with Crippen molar-refractivity contribution in [2.24, 2.45) is 0 Å². The Balaban J connectivity index is 2.16. The van der Waals surface area contributed by atoms with E-state index in [9.17, 15) is 0 Å². The molecule has 6 nitrogen and oxygen atoms in total. The maximum Gasteiger partial charge on any atom is 0.214 e. The minimum Gasteiger partial charge on any atom is -0.372 e. The van der Waals surface area contributed by atoms with Gasteiger partial charge in [0.1, 0.15) is 16.7 Å². The molecule has 2 aromatic heterocycles. The van der Waals surface area contributed by atoms with Gasteiger partial charge in [0.05, 0.1) is 12.4 Å². The number of anilines is 1. The first kappa shape index (κ1) is 9.91. The summed E-state index contributed by atoms with van der Waals surface area (Å²) in [5.74, 6) is 1.52. The van der Waals surface area contributed by atoms with Gasteiger partial charge in [-0.15, -0.1) is 5.10 Å². The first-order chi connectivity index (χ1) is 7.28. The molecule has 2 aromatic rings. The average molecular weight is 222 g/mol. The minimum absolute atomic E-state index is 0.648. The van der Waals surface area contributed by atoms with Crippen LogP contribution < -0.4 is 5.32 Å². The number of rotatable bonds is 3. The van der Waals surface area contributed by atoms with Gasteiger partial charge in [-0.1, -0.05) is 0 Å². The monoisotopic (exact) mass is 222 g/mol. The molecule has 0 amide bonds. The Hall–Kier alpha value is -1.63. The fourth-order valence-corrected chi connectivity index (χ4v) is 1.70. The quantitative estimate of drug-likeness (QED) is 0.809. The van der Waals surface area contributed by atoms with Crippen molar-refractivity contribution >= 4 is 17.6 Å². The molecule has 2 heterocycles. The van der Waals surface area contributed by atoms with E-state index in [0.29, 0.717) is 5.16 Å². The second-order valence-electron chi connectivity index (χ2n) is 2.80. The van der Waals surface area contributed by atoms with Crippen LogP contribution in [0.15, 0.2) is 22.6 Å². The Morgan fingerprint density at radius 1 is 1.33 bits per heavy atom. The normalized spacial score (nSPS) is 10.3. The standard InChI is InChI=1S/C8H10N6S/c1-5-11-8(14-13-5)15-7-4-10-3-6(9-2)12-7/h3-4H,1-2H3,(H,9,12)(H,11,13,14). The molecule has 0 spiro atoms. The van der Waals surface area contributed by atoms with Gasteiger partial charge in [-0.25, -0.2) is 9.97 Å². The first-order valence-electron chi connectivity index (χ1n) is 4.34. The van der Waals surface area contributed by atoms with Crippen LogP contribution in [0.4, 0.5) is 5.82 Å². The van der Waals surface area contributed by atoms with Crippen LogP contribution in [0.2, 0.25) is 0 Å². The Labute approximate surface area is 90.9 Å². The van der Waals surface area contributed by atoms with Crippen molar-refractivity contribution in [2.75, 3.05) is 12.4 Å². The molecule has 0 aliphatic rings. The van der Waals surface area contributed by atoms with Gasteiger partial charge in [0, 0.05) is 7.05 Å². The molecule has 0 radical (unpaired) electrons. The largest absolute Gasteiger partial charge is 0.372 e. The van der Waals surface area contributed by atoms with Gasteiger partial charge < -0.3 is 5.32 Å². The van der Waals surface area contributed by atoms with Crippen LogP contribution in [-0.2, 0) is 0 Å². The lowest BCUT2D eigenvalue weighted by Crippen LogP contribution is -1.94. The van der Waals surface area contributed by atoms with Crippen LogP contribution in [0, 0.1) is 6.92 Å². The number of aryl methyl sites for hydroxylation is 1. The van der Waals surface area contributed by atoms with E-state index in [1.807, 2.05) is 6.92 Å². The summed E-state index contributed by atoms with van der Waals surface area (Å²) in [6.07, 6.45) is 3.34. The van der Waals surface area contributed by atoms with Crippen molar-refractivity contribution in [1.82, 2.24) is 25.1 Å². The van der Waals surface area contributed by atoms with Crippen LogP contribution in [0.25, 0.3) is 0 Å². The van der Waals surface area contributed by atoms with Crippen molar-refractivity contribution in [1.29, 1.82) is 0 Å². The fourth-order valence-electron chi connectivity index (χ4n) is 0.979. The summed E-state index contributed by atoms with van der Waals surface area (Å²) in [6, 6.07) is 0. The van der Waals surface area contributed by atoms with E-state index < -0.39 is 0 Å². The highest BCUT2D eigenvalue weighted by atomic mass is 32.2. The molecule has 0 aromatic carbocycles. The lowest BCUT2D eigenvalue weighted by molar-refractivity contribution is 0.960. The highest BCUT2D eigenvalue weighted by Gasteiger charge is 2.04. The van der Waals surface area contributed by atoms with E-state index in [2.05, 4.69) is 30.5 Å². The predicted molar refractivity (Wildman–Crippen MR) is 56.8 cm³/mol. The first-order valence-corrected chi connectivity index (χ1v) is 5.16. The van der Waals surface area contributed by atoms with E-state index in [1.165, 1.54) is 11.8 Å². The number of nitrogens with one attached hydrogen (secondary N) is 2. The molecule has 0 bridgehead atoms. The number of nitrogens with zero attached hydrogens (tertiary/aromatic N) is 4. The van der Waals surface area contributed by atoms with Crippen LogP contribution in [0.3, 0.4) is 0 Å². The Bertz CT molecular complexity index is 454. The second kappa shape index (κ2) is 4.26. The molecular formula is C8H10N6S. The Morgan fingerprint density at radius 2 is 2.20 bits per heavy atom. The van der Waals surface area contributed by atoms with Gasteiger partial charge in [0.2, 0.25) is 5.16 Å². The zero-order valence-corrected chi connectivity index (χ0v) is 9.17. The van der Waals surface area contributed by atoms with Gasteiger partial charge in [-0.3, -0.25) is 10.1 Å². The number of H-pyrrole nitrogens is 1. The number of aromatic amines is 1. The summed E-state index contributed by atoms with van der Waals surface area (Å²) < 4.78 is 0. The molecule has 0 fully saturated rings. The summed E-state index contributed by atoms with van der Waals surface area (Å²) >= 11 is 1.37. The summed E-state index contributed by atoms with van der Waals surface area (Å²) in [4.78, 5) is 12.5. The third-order valence-corrected chi connectivity index (χ3v) is 2.41. The van der Waals surface area contributed by atoms with Crippen LogP contribution in [0.5, 0.6) is 0 Å². The van der Waals surface area contributed by atoms with E-state index in [-0.39, 0.29) is 0 Å². The molecule has 15 heavy (non-hydrogen) atoms. The SMILES string of the molecule is CNc1cncc(Sc2n[nH]c(C)n2)n1. The molecule has 2 N–H and O–H groups in total. The maximum atomic E-state index is 4.29. The van der Waals surface area contributed by atoms with Gasteiger partial charge in [-0.2, -0.15) is 0 Å². The minimum atomic E-state index is 0.648. The summed E-state index contributed by atoms with van der Waals surface area (Å²) in [7, 11) is 1.80. The van der Waals surface area contributed by atoms with Crippen molar-refractivity contribution < 1.29 is 0 Å². The Morgan fingerprint density at radius 3 is 2.87 bits per heavy atom. The van der Waals surface area contributed by atoms with Crippen LogP contribution >= 0.6 is 11.8 Å². The smallest absolute Gasteiger partial charge is 0.214 e. The van der Waals surface area contributed by atoms with Crippen molar-refractivity contribution in [3.8, 4) is 0 Å². The maximum absolute atomic E-state index is 4.29. The van der Waals surface area contributed by atoms with E-state index in [0.717, 1.165) is 16.7 Å². The molecule has 7 heteroatoms. The third kappa shape index (κ3) is 2.44. The summed E-state index contributed by atoms with van der Waals surface area (Å²) in [5, 5.41) is 11.1. The van der Waals surface area contributed by atoms with Crippen molar-refractivity contribution in [3.63, 3.8) is 0 Å². The second-order valence-corrected chi connectivity index (χ2v) is 3.79. The molecule has 2 rings (SSSR count). The van der Waals surface area contributed by atoms with Gasteiger partial charge in [-0.05, 0) is 18.7 Å². The molecule has 0 aliphatic heterocycles. The van der Waals surface area contributed by atoms with E-state index in [4.69, 9.17) is 0 Å². The highest BCUT2D eigenvalue weighted by Crippen LogP contribution is 2.22. The highest BCUT2D eigenvalue weighted by molar-refractivity contribution is 7.99. The Kier molecular flexibility index (Phi) is 2.82. The van der Waals surface area contributed by atoms with Crippen LogP contribution in [-0.4, -0.2) is 32.2 Å². The zero-order valence-electron chi connectivity index (χ0n) is 8.35. The molecule has 0 saturated heterocycles. The van der Waals surface area contributed by atoms with E-state index >= 15 is 0 Å². The molecule has 0 atom stereocenters. The summed E-state index contributed by atoms with van der Waals surface area (Å²) in [6.45, 7) is 1.85. The molecule has 0 aliphatic carbocycles. The number of hydrogen-bond donors (Lipinski definition) is 2. The third-order valence-electron chi connectivity index (χ3n) is 1.64. The van der Waals surface area contributed by atoms with Crippen molar-refractivity contribution in [3.05, 3.63) is 18.2 Å². The average Bonchev–Trinajstić information content (AvgIpc) is 2.64. The zero-order chi connectivity index (χ0) is 10.7. The molecular weight excluding hydrogens is 212 g/mol. The van der Waals surface area contributed by atoms with Gasteiger partial charge in [0.25, 0.3) is 0 Å². The molecule has 0 saturated carbocycles. The van der Waals surface area contributed by atoms with Gasteiger partial charge >= 0.3 is 0 Å². The lowest BCUT2D eigenvalue weighted by atomic mass is 10.7. The van der Waals surface area contributed by atoms with Gasteiger partial charge in [0.15, 0.2) is 0 Å². The summed E-state index contributed by atoms with van der Waals surface area (Å²) in [5.41, 5.74) is 0. The molecule has 0 unspecified atom stereocenters. The number of hydrogen-bond acceptors (Lipinski definition) is 6. The van der Waals surface area contributed by atoms with E-state index in [1.54, 1.807) is 19.4 Å². The predicted octanol–water partition coefficient (Wildman–Crippen LogP) is 1.10. The van der Waals surface area contributed by atoms with Crippen molar-refractivity contribution in [2.45, 2.75) is 17.1 Å². The lowest BCUT2D eigenvalue weighted by Gasteiger charge is -1.99. The molecule has 78 valence electrons.